The lowest BCUT2D eigenvalue weighted by atomic mass is 10.3. The summed E-state index contributed by atoms with van der Waals surface area (Å²) in [6.45, 7) is 11.1. The van der Waals surface area contributed by atoms with Crippen molar-refractivity contribution in [2.75, 3.05) is 27.2 Å². The number of thiazole rings is 1. The molecule has 0 spiro atoms. The molecule has 0 radical (unpaired) electrons. The SMILES string of the molecule is CN=C(NCCN(C)C(C)C)NCc1sc(C)nc1C.I. The fourth-order valence-corrected chi connectivity index (χ4v) is 2.61. The van der Waals surface area contributed by atoms with Crippen molar-refractivity contribution in [2.45, 2.75) is 40.3 Å². The van der Waals surface area contributed by atoms with E-state index in [0.29, 0.717) is 6.04 Å². The molecule has 0 saturated heterocycles. The highest BCUT2D eigenvalue weighted by molar-refractivity contribution is 14.0. The van der Waals surface area contributed by atoms with Gasteiger partial charge in [-0.05, 0) is 34.7 Å². The Kier molecular flexibility index (Phi) is 10.1. The number of likely N-dealkylation sites (N-methyl/N-ethyl adjacent to an activating group) is 1. The van der Waals surface area contributed by atoms with Crippen LogP contribution in [0.5, 0.6) is 0 Å². The molecule has 1 rings (SSSR count). The van der Waals surface area contributed by atoms with Crippen molar-refractivity contribution in [1.82, 2.24) is 20.5 Å². The van der Waals surface area contributed by atoms with Gasteiger partial charge in [0.05, 0.1) is 17.2 Å². The smallest absolute Gasteiger partial charge is 0.191 e. The molecule has 0 unspecified atom stereocenters. The summed E-state index contributed by atoms with van der Waals surface area (Å²) in [6, 6.07) is 0.564. The maximum atomic E-state index is 4.43. The maximum absolute atomic E-state index is 4.43. The summed E-state index contributed by atoms with van der Waals surface area (Å²) in [4.78, 5) is 12.2. The van der Waals surface area contributed by atoms with Crippen LogP contribution in [-0.4, -0.2) is 49.1 Å². The third-order valence-electron chi connectivity index (χ3n) is 3.28. The van der Waals surface area contributed by atoms with Crippen LogP contribution in [0.2, 0.25) is 0 Å². The van der Waals surface area contributed by atoms with E-state index in [2.05, 4.69) is 46.4 Å². The fraction of sp³-hybridized carbons (Fsp3) is 0.714. The van der Waals surface area contributed by atoms with E-state index in [4.69, 9.17) is 0 Å². The minimum Gasteiger partial charge on any atom is -0.355 e. The summed E-state index contributed by atoms with van der Waals surface area (Å²) in [6.07, 6.45) is 0. The Labute approximate surface area is 149 Å². The van der Waals surface area contributed by atoms with E-state index in [1.807, 2.05) is 13.8 Å². The van der Waals surface area contributed by atoms with Crippen LogP contribution in [-0.2, 0) is 6.54 Å². The second kappa shape index (κ2) is 10.3. The third kappa shape index (κ3) is 7.42. The van der Waals surface area contributed by atoms with Crippen molar-refractivity contribution in [3.05, 3.63) is 15.6 Å². The van der Waals surface area contributed by atoms with Gasteiger partial charge in [0.2, 0.25) is 0 Å². The van der Waals surface area contributed by atoms with Gasteiger partial charge in [0, 0.05) is 31.1 Å². The molecule has 0 aromatic carbocycles. The van der Waals surface area contributed by atoms with Crippen LogP contribution < -0.4 is 10.6 Å². The van der Waals surface area contributed by atoms with Gasteiger partial charge in [0.25, 0.3) is 0 Å². The molecule has 1 heterocycles. The summed E-state index contributed by atoms with van der Waals surface area (Å²) in [5.41, 5.74) is 1.11. The Balaban J connectivity index is 0.00000400. The van der Waals surface area contributed by atoms with E-state index in [9.17, 15) is 0 Å². The van der Waals surface area contributed by atoms with Gasteiger partial charge in [0.15, 0.2) is 5.96 Å². The summed E-state index contributed by atoms with van der Waals surface area (Å²) >= 11 is 1.73. The number of halogens is 1. The molecule has 0 aliphatic rings. The summed E-state index contributed by atoms with van der Waals surface area (Å²) in [5, 5.41) is 7.78. The highest BCUT2D eigenvalue weighted by Gasteiger charge is 2.06. The highest BCUT2D eigenvalue weighted by Crippen LogP contribution is 2.16. The van der Waals surface area contributed by atoms with Crippen molar-refractivity contribution in [3.63, 3.8) is 0 Å². The van der Waals surface area contributed by atoms with Gasteiger partial charge < -0.3 is 15.5 Å². The lowest BCUT2D eigenvalue weighted by Gasteiger charge is -2.21. The van der Waals surface area contributed by atoms with E-state index in [1.165, 1.54) is 4.88 Å². The monoisotopic (exact) mass is 425 g/mol. The molecular formula is C14H28IN5S. The van der Waals surface area contributed by atoms with Crippen LogP contribution in [0.25, 0.3) is 0 Å². The van der Waals surface area contributed by atoms with Gasteiger partial charge in [-0.3, -0.25) is 4.99 Å². The number of guanidine groups is 1. The number of hydrogen-bond acceptors (Lipinski definition) is 4. The molecule has 0 fully saturated rings. The Morgan fingerprint density at radius 2 is 2.00 bits per heavy atom. The number of rotatable bonds is 6. The molecule has 0 bridgehead atoms. The molecule has 0 saturated carbocycles. The zero-order valence-corrected chi connectivity index (χ0v) is 17.0. The van der Waals surface area contributed by atoms with E-state index in [0.717, 1.165) is 36.3 Å². The van der Waals surface area contributed by atoms with Crippen molar-refractivity contribution in [2.24, 2.45) is 4.99 Å². The van der Waals surface area contributed by atoms with Crippen LogP contribution in [0.1, 0.15) is 29.4 Å². The van der Waals surface area contributed by atoms with Crippen molar-refractivity contribution in [3.8, 4) is 0 Å². The van der Waals surface area contributed by atoms with Crippen LogP contribution >= 0.6 is 35.3 Å². The topological polar surface area (TPSA) is 52.6 Å². The lowest BCUT2D eigenvalue weighted by Crippen LogP contribution is -2.41. The number of aryl methyl sites for hydroxylation is 2. The van der Waals surface area contributed by atoms with Gasteiger partial charge in [-0.2, -0.15) is 0 Å². The number of nitrogens with zero attached hydrogens (tertiary/aromatic N) is 3. The summed E-state index contributed by atoms with van der Waals surface area (Å²) in [5.74, 6) is 0.840. The first kappa shape index (κ1) is 20.6. The average molecular weight is 425 g/mol. The van der Waals surface area contributed by atoms with E-state index >= 15 is 0 Å². The van der Waals surface area contributed by atoms with E-state index < -0.39 is 0 Å². The zero-order valence-electron chi connectivity index (χ0n) is 13.9. The predicted molar refractivity (Wildman–Crippen MR) is 103 cm³/mol. The molecule has 122 valence electrons. The molecular weight excluding hydrogens is 397 g/mol. The van der Waals surface area contributed by atoms with Gasteiger partial charge >= 0.3 is 0 Å². The standard InChI is InChI=1S/C14H27N5S.HI/c1-10(2)19(6)8-7-16-14(15-5)17-9-13-11(3)18-12(4)20-13;/h10H,7-9H2,1-6H3,(H2,15,16,17);1H. The third-order valence-corrected chi connectivity index (χ3v) is 4.35. The number of nitrogens with one attached hydrogen (secondary N) is 2. The van der Waals surface area contributed by atoms with Gasteiger partial charge in [0.1, 0.15) is 0 Å². The molecule has 1 aromatic rings. The van der Waals surface area contributed by atoms with Gasteiger partial charge in [-0.25, -0.2) is 4.98 Å². The molecule has 0 amide bonds. The molecule has 2 N–H and O–H groups in total. The summed E-state index contributed by atoms with van der Waals surface area (Å²) in [7, 11) is 3.93. The largest absolute Gasteiger partial charge is 0.355 e. The predicted octanol–water partition coefficient (Wildman–Crippen LogP) is 2.38. The summed E-state index contributed by atoms with van der Waals surface area (Å²) < 4.78 is 0. The first-order valence-corrected chi connectivity index (χ1v) is 7.83. The second-order valence-corrected chi connectivity index (χ2v) is 6.46. The molecule has 1 aromatic heterocycles. The van der Waals surface area contributed by atoms with Crippen LogP contribution in [0.4, 0.5) is 0 Å². The maximum Gasteiger partial charge on any atom is 0.191 e. The number of aliphatic imine (C=N–C) groups is 1. The average Bonchev–Trinajstić information content (AvgIpc) is 2.71. The molecule has 5 nitrogen and oxygen atoms in total. The molecule has 0 aliphatic carbocycles. The molecule has 0 atom stereocenters. The highest BCUT2D eigenvalue weighted by atomic mass is 127. The van der Waals surface area contributed by atoms with Crippen molar-refractivity contribution in [1.29, 1.82) is 0 Å². The van der Waals surface area contributed by atoms with Crippen molar-refractivity contribution < 1.29 is 0 Å². The van der Waals surface area contributed by atoms with Gasteiger partial charge in [-0.15, -0.1) is 35.3 Å². The van der Waals surface area contributed by atoms with E-state index in [1.54, 1.807) is 18.4 Å². The minimum atomic E-state index is 0. The quantitative estimate of drug-likeness (QED) is 0.418. The number of hydrogen-bond donors (Lipinski definition) is 2. The molecule has 21 heavy (non-hydrogen) atoms. The van der Waals surface area contributed by atoms with Crippen LogP contribution in [0.3, 0.4) is 0 Å². The van der Waals surface area contributed by atoms with Gasteiger partial charge in [-0.1, -0.05) is 0 Å². The van der Waals surface area contributed by atoms with Crippen LogP contribution in [0.15, 0.2) is 4.99 Å². The van der Waals surface area contributed by atoms with Crippen molar-refractivity contribution >= 4 is 41.3 Å². The zero-order chi connectivity index (χ0) is 15.1. The molecule has 7 heteroatoms. The van der Waals surface area contributed by atoms with Crippen LogP contribution in [0, 0.1) is 13.8 Å². The van der Waals surface area contributed by atoms with E-state index in [-0.39, 0.29) is 24.0 Å². The Hall–Kier alpha value is -0.410. The molecule has 0 aliphatic heterocycles. The number of aromatic nitrogens is 1. The normalized spacial score (nSPS) is 11.7. The Morgan fingerprint density at radius 3 is 2.48 bits per heavy atom. The first-order chi connectivity index (χ1) is 9.43. The lowest BCUT2D eigenvalue weighted by molar-refractivity contribution is 0.278. The fourth-order valence-electron chi connectivity index (χ4n) is 1.73. The Bertz CT molecular complexity index is 445. The Morgan fingerprint density at radius 1 is 1.33 bits per heavy atom. The minimum absolute atomic E-state index is 0. The second-order valence-electron chi connectivity index (χ2n) is 5.17. The first-order valence-electron chi connectivity index (χ1n) is 7.01.